The van der Waals surface area contributed by atoms with Crippen LogP contribution in [0.25, 0.3) is 0 Å². The van der Waals surface area contributed by atoms with Crippen LogP contribution in [0.5, 0.6) is 0 Å². The average molecular weight is 216 g/mol. The number of guanidine groups is 2. The molecule has 0 aliphatic rings. The summed E-state index contributed by atoms with van der Waals surface area (Å²) in [6, 6.07) is 0. The van der Waals surface area contributed by atoms with E-state index in [1.807, 2.05) is 0 Å². The van der Waals surface area contributed by atoms with Gasteiger partial charge in [-0.1, -0.05) is 0 Å². The van der Waals surface area contributed by atoms with Crippen molar-refractivity contribution < 1.29 is 30.1 Å². The number of nitrogens with two attached hydrogens (primary N) is 6. The van der Waals surface area contributed by atoms with Crippen LogP contribution in [0.4, 0.5) is 0 Å². The van der Waals surface area contributed by atoms with Gasteiger partial charge < -0.3 is 19.2 Å². The molecule has 13 heavy (non-hydrogen) atoms. The fraction of sp³-hybridized carbons (Fsp3) is 0. The Kier molecular flexibility index (Phi) is 11.9. The van der Waals surface area contributed by atoms with Crippen LogP contribution < -0.4 is 43.5 Å². The molecule has 0 aromatic heterocycles. The second kappa shape index (κ2) is 8.74. The van der Waals surface area contributed by atoms with Crippen molar-refractivity contribution in [3.8, 4) is 0 Å². The summed E-state index contributed by atoms with van der Waals surface area (Å²) in [6.45, 7) is 0. The van der Waals surface area contributed by atoms with E-state index in [4.69, 9.17) is 19.2 Å². The van der Waals surface area contributed by atoms with Crippen molar-refractivity contribution in [1.29, 1.82) is 0 Å². The molecule has 0 fully saturated rings. The molecule has 10 nitrogen and oxygen atoms in total. The molecule has 0 spiro atoms. The van der Waals surface area contributed by atoms with Crippen molar-refractivity contribution in [1.82, 2.24) is 0 Å². The highest BCUT2D eigenvalue weighted by atomic mass is 31.2. The first-order valence-electron chi connectivity index (χ1n) is 2.48. The van der Waals surface area contributed by atoms with Gasteiger partial charge in [0.1, 0.15) is 0 Å². The van der Waals surface area contributed by atoms with Crippen molar-refractivity contribution in [2.45, 2.75) is 0 Å². The molecule has 0 aliphatic heterocycles. The Hall–Kier alpha value is -1.35. The normalized spacial score (nSPS) is 8.23. The van der Waals surface area contributed by atoms with E-state index in [0.717, 1.165) is 0 Å². The molecule has 13 N–H and O–H groups in total. The van der Waals surface area contributed by atoms with E-state index in [1.165, 1.54) is 0 Å². The summed E-state index contributed by atoms with van der Waals surface area (Å²) in [5.74, 6) is -0.167. The van der Waals surface area contributed by atoms with Gasteiger partial charge >= 0.3 is 11.9 Å². The lowest BCUT2D eigenvalue weighted by Crippen LogP contribution is -2.51. The Labute approximate surface area is 73.8 Å². The minimum Gasteiger partial charge on any atom is -0.790 e. The van der Waals surface area contributed by atoms with Crippen molar-refractivity contribution in [3.05, 3.63) is 0 Å². The highest BCUT2D eigenvalue weighted by Crippen LogP contribution is 2.11. The van der Waals surface area contributed by atoms with Crippen LogP contribution in [0.3, 0.4) is 0 Å². The van der Waals surface area contributed by atoms with Gasteiger partial charge in [-0.05, 0) is 0 Å². The lowest BCUT2D eigenvalue weighted by atomic mass is 11.1. The minimum absolute atomic E-state index is 0.0833. The molecule has 0 bridgehead atoms. The van der Waals surface area contributed by atoms with E-state index in [2.05, 4.69) is 33.8 Å². The largest absolute Gasteiger partial charge is 0.790 e. The molecule has 0 saturated heterocycles. The molecule has 0 aromatic rings. The summed E-state index contributed by atoms with van der Waals surface area (Å²) < 4.78 is 8.66. The molecule has 0 heterocycles. The lowest BCUT2D eigenvalue weighted by molar-refractivity contribution is -0.337. The molecule has 0 unspecified atom stereocenters. The Morgan fingerprint density at radius 2 is 1.08 bits per heavy atom. The number of rotatable bonds is 0. The van der Waals surface area contributed by atoms with Crippen molar-refractivity contribution in [2.24, 2.45) is 22.9 Å². The number of hydrogen-bond acceptors (Lipinski definition) is 3. The summed E-state index contributed by atoms with van der Waals surface area (Å²) >= 11 is 0. The van der Waals surface area contributed by atoms with Crippen molar-refractivity contribution in [2.75, 3.05) is 0 Å². The molecule has 0 amide bonds. The quantitative estimate of drug-likeness (QED) is 0.116. The second-order valence-corrected chi connectivity index (χ2v) is 2.41. The van der Waals surface area contributed by atoms with Crippen LogP contribution in [-0.4, -0.2) is 16.8 Å². The summed E-state index contributed by atoms with van der Waals surface area (Å²) in [5.41, 5.74) is 18.3. The maximum Gasteiger partial charge on any atom is 0.336 e. The van der Waals surface area contributed by atoms with E-state index in [-0.39, 0.29) is 11.9 Å². The van der Waals surface area contributed by atoms with E-state index >= 15 is 0 Å². The predicted molar refractivity (Wildman–Crippen MR) is 40.4 cm³/mol. The Bertz CT molecular complexity index is 171. The van der Waals surface area contributed by atoms with Crippen LogP contribution >= 0.6 is 7.82 Å². The van der Waals surface area contributed by atoms with Crippen LogP contribution in [0.15, 0.2) is 0 Å². The topological polar surface area (TPSA) is 239 Å². The first-order valence-corrected chi connectivity index (χ1v) is 3.98. The lowest BCUT2D eigenvalue weighted by Gasteiger charge is -2.19. The number of phosphoric acid groups is 1. The van der Waals surface area contributed by atoms with E-state index in [0.29, 0.717) is 0 Å². The standard InChI is InChI=1S/2CH5N3.H3O4P/c2*2-1(3)4;1-5(2,3)4/h2*(H5,2,3,4);(H3,1,2,3,4). The molecule has 80 valence electrons. The Morgan fingerprint density at radius 3 is 1.08 bits per heavy atom. The minimum atomic E-state index is -5.14. The van der Waals surface area contributed by atoms with Gasteiger partial charge in [0, 0.05) is 0 Å². The third kappa shape index (κ3) is 437. The van der Waals surface area contributed by atoms with Crippen LogP contribution in [-0.2, 0) is 4.57 Å². The van der Waals surface area contributed by atoms with Crippen LogP contribution in [0.2, 0.25) is 0 Å². The zero-order valence-electron chi connectivity index (χ0n) is 6.58. The third-order valence-corrected chi connectivity index (χ3v) is 0. The average Bonchev–Trinajstić information content (AvgIpc) is 1.50. The highest BCUT2D eigenvalue weighted by Gasteiger charge is 1.64. The zero-order chi connectivity index (χ0) is 11.7. The summed E-state index contributed by atoms with van der Waals surface area (Å²) in [7, 11) is -5.14. The summed E-state index contributed by atoms with van der Waals surface area (Å²) in [6.07, 6.45) is 0. The number of hydrogen-bond donors (Lipinski definition) is 7. The predicted octanol–water partition coefficient (Wildman–Crippen LogP) is -8.15. The Morgan fingerprint density at radius 1 is 1.08 bits per heavy atom. The first-order chi connectivity index (χ1) is 5.46. The molecular weight excluding hydrogens is 203 g/mol. The molecule has 0 aromatic carbocycles. The molecule has 0 saturated carbocycles. The third-order valence-electron chi connectivity index (χ3n) is 0. The smallest absolute Gasteiger partial charge is 0.336 e. The molecule has 0 aliphatic carbocycles. The Balaban J connectivity index is -0.000000117. The molecule has 0 rings (SSSR count). The summed E-state index contributed by atoms with van der Waals surface area (Å²) in [4.78, 5) is 24.3. The summed E-state index contributed by atoms with van der Waals surface area (Å²) in [5, 5.41) is 9.17. The molecule has 11 heteroatoms. The second-order valence-electron chi connectivity index (χ2n) is 1.47. The fourth-order valence-corrected chi connectivity index (χ4v) is 0. The monoisotopic (exact) mass is 216 g/mol. The van der Waals surface area contributed by atoms with Crippen LogP contribution in [0, 0.1) is 0 Å². The maximum atomic E-state index is 8.66. The van der Waals surface area contributed by atoms with Gasteiger partial charge in [-0.3, -0.25) is 33.8 Å². The van der Waals surface area contributed by atoms with Gasteiger partial charge in [0.25, 0.3) is 0 Å². The zero-order valence-corrected chi connectivity index (χ0v) is 7.48. The van der Waals surface area contributed by atoms with E-state index in [9.17, 15) is 0 Å². The van der Waals surface area contributed by atoms with Gasteiger partial charge in [0.15, 0.2) is 0 Å². The van der Waals surface area contributed by atoms with E-state index in [1.54, 1.807) is 0 Å². The maximum absolute atomic E-state index is 8.66. The fourth-order valence-electron chi connectivity index (χ4n) is 0. The molecule has 0 radical (unpaired) electrons. The van der Waals surface area contributed by atoms with Crippen molar-refractivity contribution in [3.63, 3.8) is 0 Å². The van der Waals surface area contributed by atoms with Gasteiger partial charge in [-0.2, -0.15) is 0 Å². The highest BCUT2D eigenvalue weighted by molar-refractivity contribution is 7.42. The van der Waals surface area contributed by atoms with Crippen LogP contribution in [0.1, 0.15) is 0 Å². The molecule has 0 atom stereocenters. The molecular formula is C2H13N6O4P. The van der Waals surface area contributed by atoms with E-state index < -0.39 is 7.82 Å². The van der Waals surface area contributed by atoms with Gasteiger partial charge in [-0.15, -0.1) is 0 Å². The van der Waals surface area contributed by atoms with Gasteiger partial charge in [0.2, 0.25) is 0 Å². The van der Waals surface area contributed by atoms with Gasteiger partial charge in [0.05, 0.1) is 7.82 Å². The van der Waals surface area contributed by atoms with Crippen molar-refractivity contribution >= 4 is 19.7 Å². The van der Waals surface area contributed by atoms with Gasteiger partial charge in [-0.25, -0.2) is 0 Å². The first kappa shape index (κ1) is 17.7. The SMILES string of the molecule is NC(N)=[NH2+].NC(N)=[NH2+].O=P([O-])([O-])O.